The molecule has 0 fully saturated rings. The van der Waals surface area contributed by atoms with Gasteiger partial charge in [-0.2, -0.15) is 5.10 Å². The molecule has 5 rings (SSSR count). The Labute approximate surface area is 188 Å². The second-order valence-corrected chi connectivity index (χ2v) is 7.70. The van der Waals surface area contributed by atoms with E-state index in [1.54, 1.807) is 18.3 Å². The van der Waals surface area contributed by atoms with Crippen molar-refractivity contribution in [2.45, 2.75) is 6.54 Å². The molecular formula is C24H18ClFN6. The van der Waals surface area contributed by atoms with E-state index >= 15 is 0 Å². The van der Waals surface area contributed by atoms with Crippen LogP contribution in [0.2, 0.25) is 5.02 Å². The first-order valence-electron chi connectivity index (χ1n) is 9.93. The number of nitrogens with one attached hydrogen (secondary N) is 2. The smallest absolute Gasteiger partial charge is 0.169 e. The van der Waals surface area contributed by atoms with E-state index in [2.05, 4.69) is 20.5 Å². The number of aromatic amines is 1. The fraction of sp³-hybridized carbons (Fsp3) is 0.0417. The molecule has 0 bridgehead atoms. The highest BCUT2D eigenvalue weighted by Gasteiger charge is 2.17. The number of benzene rings is 3. The van der Waals surface area contributed by atoms with Crippen molar-refractivity contribution in [2.75, 3.05) is 11.1 Å². The molecule has 0 radical (unpaired) electrons. The zero-order valence-electron chi connectivity index (χ0n) is 16.8. The Hall–Kier alpha value is -3.97. The number of nitrogens with two attached hydrogens (primary N) is 1. The Morgan fingerprint density at radius 2 is 1.69 bits per heavy atom. The molecular weight excluding hydrogens is 427 g/mol. The summed E-state index contributed by atoms with van der Waals surface area (Å²) >= 11 is 6.49. The molecule has 6 nitrogen and oxygen atoms in total. The van der Waals surface area contributed by atoms with Crippen LogP contribution in [0.1, 0.15) is 5.56 Å². The molecule has 0 saturated heterocycles. The summed E-state index contributed by atoms with van der Waals surface area (Å²) in [6.07, 6.45) is 1.71. The molecule has 8 heteroatoms. The topological polar surface area (TPSA) is 92.5 Å². The summed E-state index contributed by atoms with van der Waals surface area (Å²) in [6, 6.07) is 19.7. The van der Waals surface area contributed by atoms with E-state index in [9.17, 15) is 4.39 Å². The molecule has 5 aromatic rings. The fourth-order valence-corrected chi connectivity index (χ4v) is 3.78. The monoisotopic (exact) mass is 444 g/mol. The maximum absolute atomic E-state index is 13.2. The average Bonchev–Trinajstić information content (AvgIpc) is 3.29. The van der Waals surface area contributed by atoms with Gasteiger partial charge in [0.1, 0.15) is 5.82 Å². The van der Waals surface area contributed by atoms with E-state index in [0.717, 1.165) is 27.6 Å². The molecule has 0 aliphatic heterocycles. The standard InChI is InChI=1S/C24H18ClFN6/c25-19-11-16(10-17-13-29-32-20(17)19)22-21(15-4-2-1-3-5-15)30-23(27)24(31-22)28-12-14-6-8-18(26)9-7-14/h1-11,13H,12H2,(H2,27,30)(H,28,31)(H,29,32). The predicted octanol–water partition coefficient (Wildman–Crippen LogP) is 5.67. The number of hydrogen-bond donors (Lipinski definition) is 3. The highest BCUT2D eigenvalue weighted by atomic mass is 35.5. The van der Waals surface area contributed by atoms with Crippen LogP contribution in [-0.4, -0.2) is 20.2 Å². The van der Waals surface area contributed by atoms with E-state index in [1.807, 2.05) is 42.5 Å². The fourth-order valence-electron chi connectivity index (χ4n) is 3.52. The summed E-state index contributed by atoms with van der Waals surface area (Å²) in [5.41, 5.74) is 10.9. The number of anilines is 2. The van der Waals surface area contributed by atoms with E-state index in [4.69, 9.17) is 22.3 Å². The van der Waals surface area contributed by atoms with Crippen molar-refractivity contribution in [3.05, 3.63) is 89.3 Å². The third kappa shape index (κ3) is 3.86. The second-order valence-electron chi connectivity index (χ2n) is 7.29. The zero-order chi connectivity index (χ0) is 22.1. The molecule has 32 heavy (non-hydrogen) atoms. The number of H-pyrrole nitrogens is 1. The van der Waals surface area contributed by atoms with Crippen LogP contribution in [0, 0.1) is 5.82 Å². The van der Waals surface area contributed by atoms with Gasteiger partial charge in [-0.3, -0.25) is 5.10 Å². The molecule has 0 aliphatic carbocycles. The molecule has 0 unspecified atom stereocenters. The van der Waals surface area contributed by atoms with Gasteiger partial charge in [0, 0.05) is 23.1 Å². The van der Waals surface area contributed by atoms with Crippen LogP contribution < -0.4 is 11.1 Å². The van der Waals surface area contributed by atoms with Crippen LogP contribution >= 0.6 is 11.6 Å². The van der Waals surface area contributed by atoms with Crippen molar-refractivity contribution < 1.29 is 4.39 Å². The van der Waals surface area contributed by atoms with Crippen LogP contribution in [0.4, 0.5) is 16.0 Å². The summed E-state index contributed by atoms with van der Waals surface area (Å²) < 4.78 is 13.2. The van der Waals surface area contributed by atoms with Gasteiger partial charge in [0.2, 0.25) is 0 Å². The Morgan fingerprint density at radius 3 is 2.47 bits per heavy atom. The molecule has 4 N–H and O–H groups in total. The number of halogens is 2. The Morgan fingerprint density at radius 1 is 0.938 bits per heavy atom. The van der Waals surface area contributed by atoms with Crippen molar-refractivity contribution in [1.29, 1.82) is 0 Å². The van der Waals surface area contributed by atoms with Gasteiger partial charge in [-0.1, -0.05) is 54.1 Å². The van der Waals surface area contributed by atoms with Crippen molar-refractivity contribution in [3.8, 4) is 22.5 Å². The van der Waals surface area contributed by atoms with Gasteiger partial charge >= 0.3 is 0 Å². The molecule has 0 atom stereocenters. The SMILES string of the molecule is Nc1nc(-c2ccccc2)c(-c2cc(Cl)c3[nH]ncc3c2)nc1NCc1ccc(F)cc1. The predicted molar refractivity (Wildman–Crippen MR) is 126 cm³/mol. The van der Waals surface area contributed by atoms with Crippen LogP contribution in [0.15, 0.2) is 72.9 Å². The lowest BCUT2D eigenvalue weighted by molar-refractivity contribution is 0.627. The summed E-state index contributed by atoms with van der Waals surface area (Å²) in [7, 11) is 0. The van der Waals surface area contributed by atoms with Crippen molar-refractivity contribution in [1.82, 2.24) is 20.2 Å². The number of rotatable bonds is 5. The zero-order valence-corrected chi connectivity index (χ0v) is 17.6. The van der Waals surface area contributed by atoms with Crippen molar-refractivity contribution >= 4 is 34.1 Å². The lowest BCUT2D eigenvalue weighted by atomic mass is 10.0. The molecule has 2 heterocycles. The van der Waals surface area contributed by atoms with E-state index in [-0.39, 0.29) is 11.6 Å². The van der Waals surface area contributed by atoms with Crippen molar-refractivity contribution in [2.24, 2.45) is 0 Å². The Balaban J connectivity index is 1.61. The normalized spacial score (nSPS) is 11.1. The third-order valence-corrected chi connectivity index (χ3v) is 5.42. The summed E-state index contributed by atoms with van der Waals surface area (Å²) in [5, 5.41) is 11.6. The maximum atomic E-state index is 13.2. The van der Waals surface area contributed by atoms with E-state index in [0.29, 0.717) is 28.8 Å². The summed E-state index contributed by atoms with van der Waals surface area (Å²) in [4.78, 5) is 9.49. The Bertz CT molecular complexity index is 1400. The highest BCUT2D eigenvalue weighted by Crippen LogP contribution is 2.35. The number of fused-ring (bicyclic) bond motifs is 1. The number of aromatic nitrogens is 4. The van der Waals surface area contributed by atoms with Gasteiger partial charge in [-0.05, 0) is 29.8 Å². The Kier molecular flexibility index (Phi) is 5.17. The number of nitrogens with zero attached hydrogens (tertiary/aromatic N) is 3. The summed E-state index contributed by atoms with van der Waals surface area (Å²) in [6.45, 7) is 0.421. The lowest BCUT2D eigenvalue weighted by Crippen LogP contribution is -2.08. The maximum Gasteiger partial charge on any atom is 0.169 e. The van der Waals surface area contributed by atoms with Crippen molar-refractivity contribution in [3.63, 3.8) is 0 Å². The van der Waals surface area contributed by atoms with Crippen LogP contribution in [0.25, 0.3) is 33.4 Å². The number of nitrogen functional groups attached to an aromatic ring is 1. The van der Waals surface area contributed by atoms with Gasteiger partial charge in [-0.25, -0.2) is 14.4 Å². The first-order valence-corrected chi connectivity index (χ1v) is 10.3. The quantitative estimate of drug-likeness (QED) is 0.324. The van der Waals surface area contributed by atoms with Crippen LogP contribution in [-0.2, 0) is 6.54 Å². The van der Waals surface area contributed by atoms with E-state index < -0.39 is 0 Å². The lowest BCUT2D eigenvalue weighted by Gasteiger charge is -2.15. The molecule has 2 aromatic heterocycles. The minimum absolute atomic E-state index is 0.269. The van der Waals surface area contributed by atoms with Gasteiger partial charge in [0.15, 0.2) is 11.6 Å². The number of hydrogen-bond acceptors (Lipinski definition) is 5. The first kappa shape index (κ1) is 20.0. The molecule has 158 valence electrons. The molecule has 3 aromatic carbocycles. The molecule has 0 spiro atoms. The van der Waals surface area contributed by atoms with Gasteiger partial charge in [-0.15, -0.1) is 0 Å². The van der Waals surface area contributed by atoms with Gasteiger partial charge in [0.25, 0.3) is 0 Å². The largest absolute Gasteiger partial charge is 0.381 e. The highest BCUT2D eigenvalue weighted by molar-refractivity contribution is 6.35. The van der Waals surface area contributed by atoms with E-state index in [1.165, 1.54) is 12.1 Å². The third-order valence-electron chi connectivity index (χ3n) is 5.12. The van der Waals surface area contributed by atoms with Crippen LogP contribution in [0.5, 0.6) is 0 Å². The summed E-state index contributed by atoms with van der Waals surface area (Å²) in [5.74, 6) is 0.423. The first-order chi connectivity index (χ1) is 15.6. The minimum Gasteiger partial charge on any atom is -0.381 e. The molecule has 0 aliphatic rings. The molecule has 0 amide bonds. The minimum atomic E-state index is -0.283. The average molecular weight is 445 g/mol. The molecule has 0 saturated carbocycles. The second kappa shape index (κ2) is 8.28. The van der Waals surface area contributed by atoms with Crippen LogP contribution in [0.3, 0.4) is 0 Å². The van der Waals surface area contributed by atoms with Gasteiger partial charge in [0.05, 0.1) is 28.1 Å². The van der Waals surface area contributed by atoms with Gasteiger partial charge < -0.3 is 11.1 Å².